The van der Waals surface area contributed by atoms with Crippen LogP contribution in [0, 0.1) is 11.8 Å². The van der Waals surface area contributed by atoms with E-state index in [0.29, 0.717) is 13.0 Å². The summed E-state index contributed by atoms with van der Waals surface area (Å²) >= 11 is 12.0. The van der Waals surface area contributed by atoms with Crippen molar-refractivity contribution in [2.45, 2.75) is 48.9 Å². The summed E-state index contributed by atoms with van der Waals surface area (Å²) in [4.78, 5) is 26.0. The summed E-state index contributed by atoms with van der Waals surface area (Å²) in [7, 11) is 0. The maximum Gasteiger partial charge on any atom is 0.325 e. The van der Waals surface area contributed by atoms with E-state index < -0.39 is 9.87 Å². The number of nitrogens with one attached hydrogen (secondary N) is 1. The summed E-state index contributed by atoms with van der Waals surface area (Å²) in [5.74, 6) is 0.124. The number of imide groups is 1. The van der Waals surface area contributed by atoms with Crippen molar-refractivity contribution >= 4 is 35.1 Å². The summed E-state index contributed by atoms with van der Waals surface area (Å²) in [6.45, 7) is 2.39. The first-order valence-electron chi connectivity index (χ1n) is 6.89. The Morgan fingerprint density at radius 2 is 2.05 bits per heavy atom. The van der Waals surface area contributed by atoms with Crippen molar-refractivity contribution in [1.82, 2.24) is 10.2 Å². The molecule has 1 N–H and O–H groups in total. The quantitative estimate of drug-likeness (QED) is 0.630. The van der Waals surface area contributed by atoms with Crippen molar-refractivity contribution in [2.24, 2.45) is 11.8 Å². The van der Waals surface area contributed by atoms with Gasteiger partial charge < -0.3 is 5.32 Å². The maximum atomic E-state index is 12.6. The van der Waals surface area contributed by atoms with Crippen molar-refractivity contribution in [3.8, 4) is 0 Å². The minimum atomic E-state index is -0.755. The van der Waals surface area contributed by atoms with Crippen LogP contribution in [0.15, 0.2) is 0 Å². The van der Waals surface area contributed by atoms with E-state index in [1.54, 1.807) is 0 Å². The second-order valence-corrected chi connectivity index (χ2v) is 7.67. The van der Waals surface area contributed by atoms with Gasteiger partial charge in [-0.2, -0.15) is 0 Å². The average Bonchev–Trinajstić information content (AvgIpc) is 2.87. The molecule has 1 aliphatic heterocycles. The molecule has 4 nitrogen and oxygen atoms in total. The van der Waals surface area contributed by atoms with Gasteiger partial charge in [0.05, 0.1) is 0 Å². The first-order chi connectivity index (χ1) is 8.87. The first-order valence-corrected chi connectivity index (χ1v) is 7.64. The number of carbonyl (C=O) groups excluding carboxylic acids is 2. The van der Waals surface area contributed by atoms with Crippen LogP contribution in [0.2, 0.25) is 0 Å². The van der Waals surface area contributed by atoms with E-state index >= 15 is 0 Å². The number of hydrogen-bond acceptors (Lipinski definition) is 2. The van der Waals surface area contributed by atoms with Crippen molar-refractivity contribution in [2.75, 3.05) is 6.54 Å². The fraction of sp³-hybridized carbons (Fsp3) is 0.846. The second kappa shape index (κ2) is 4.26. The van der Waals surface area contributed by atoms with E-state index in [9.17, 15) is 9.59 Å². The highest BCUT2D eigenvalue weighted by molar-refractivity contribution is 6.50. The van der Waals surface area contributed by atoms with Crippen molar-refractivity contribution < 1.29 is 9.59 Å². The predicted molar refractivity (Wildman–Crippen MR) is 73.2 cm³/mol. The minimum absolute atomic E-state index is 0.0135. The van der Waals surface area contributed by atoms with Gasteiger partial charge in [-0.3, -0.25) is 9.69 Å². The molecule has 3 fully saturated rings. The third kappa shape index (κ3) is 2.04. The Bertz CT molecular complexity index is 440. The molecule has 1 heterocycles. The van der Waals surface area contributed by atoms with Crippen LogP contribution in [-0.2, 0) is 4.79 Å². The van der Waals surface area contributed by atoms with Gasteiger partial charge in [0, 0.05) is 12.5 Å². The second-order valence-electron chi connectivity index (χ2n) is 6.13. The Balaban J connectivity index is 1.77. The highest BCUT2D eigenvalue weighted by Crippen LogP contribution is 2.54. The maximum absolute atomic E-state index is 12.6. The van der Waals surface area contributed by atoms with Crippen LogP contribution in [0.4, 0.5) is 4.79 Å². The van der Waals surface area contributed by atoms with Gasteiger partial charge in [0.15, 0.2) is 0 Å². The molecule has 6 heteroatoms. The Morgan fingerprint density at radius 3 is 2.63 bits per heavy atom. The van der Waals surface area contributed by atoms with E-state index in [2.05, 4.69) is 5.32 Å². The molecule has 0 aromatic rings. The largest absolute Gasteiger partial charge is 0.325 e. The van der Waals surface area contributed by atoms with E-state index in [0.717, 1.165) is 25.7 Å². The lowest BCUT2D eigenvalue weighted by Crippen LogP contribution is -2.54. The fourth-order valence-corrected chi connectivity index (χ4v) is 3.86. The summed E-state index contributed by atoms with van der Waals surface area (Å²) in [5, 5.41) is 2.93. The van der Waals surface area contributed by atoms with Crippen molar-refractivity contribution in [3.63, 3.8) is 0 Å². The van der Waals surface area contributed by atoms with Gasteiger partial charge in [0.25, 0.3) is 5.91 Å². The molecule has 2 saturated carbocycles. The summed E-state index contributed by atoms with van der Waals surface area (Å²) in [6.07, 6.45) is 4.49. The standard InChI is InChI=1S/C13H18Cl2N2O2/c1-8-4-2-3-5-12(8)10(18)17(11(19)16-12)7-9-6-13(9,14)15/h8-9H,2-7H2,1H3,(H,16,19)/t8-,9-,12+/m1/s1. The molecule has 1 saturated heterocycles. The topological polar surface area (TPSA) is 49.4 Å². The smallest absolute Gasteiger partial charge is 0.323 e. The van der Waals surface area contributed by atoms with Crippen molar-refractivity contribution in [1.29, 1.82) is 0 Å². The molecule has 0 radical (unpaired) electrons. The van der Waals surface area contributed by atoms with Gasteiger partial charge in [0.1, 0.15) is 9.87 Å². The highest BCUT2D eigenvalue weighted by atomic mass is 35.5. The van der Waals surface area contributed by atoms with Gasteiger partial charge in [-0.15, -0.1) is 23.2 Å². The number of nitrogens with zero attached hydrogens (tertiary/aromatic N) is 1. The number of hydrogen-bond donors (Lipinski definition) is 1. The third-order valence-electron chi connectivity index (χ3n) is 4.86. The number of urea groups is 1. The molecular formula is C13H18Cl2N2O2. The number of rotatable bonds is 2. The van der Waals surface area contributed by atoms with Gasteiger partial charge in [-0.25, -0.2) is 4.79 Å². The lowest BCUT2D eigenvalue weighted by Gasteiger charge is -2.36. The molecule has 3 atom stereocenters. The molecule has 3 rings (SSSR count). The molecule has 3 amide bonds. The molecule has 106 valence electrons. The fourth-order valence-electron chi connectivity index (χ4n) is 3.35. The Labute approximate surface area is 122 Å². The van der Waals surface area contributed by atoms with Crippen LogP contribution < -0.4 is 5.32 Å². The van der Waals surface area contributed by atoms with Crippen LogP contribution in [0.25, 0.3) is 0 Å². The Hall–Kier alpha value is -0.480. The molecule has 0 unspecified atom stereocenters. The summed E-state index contributed by atoms with van der Waals surface area (Å²) in [5.41, 5.74) is -0.675. The summed E-state index contributed by atoms with van der Waals surface area (Å²) in [6, 6.07) is -0.283. The lowest BCUT2D eigenvalue weighted by molar-refractivity contribution is -0.134. The molecule has 2 aliphatic carbocycles. The van der Waals surface area contributed by atoms with Gasteiger partial charge >= 0.3 is 6.03 Å². The molecule has 19 heavy (non-hydrogen) atoms. The molecule has 0 aromatic carbocycles. The third-order valence-corrected chi connectivity index (χ3v) is 5.79. The SMILES string of the molecule is C[C@@H]1CCCC[C@]12NC(=O)N(C[C@H]1CC1(Cl)Cl)C2=O. The molecule has 0 aromatic heterocycles. The molecule has 3 aliphatic rings. The van der Waals surface area contributed by atoms with E-state index in [1.807, 2.05) is 6.92 Å². The zero-order chi connectivity index (χ0) is 13.8. The highest BCUT2D eigenvalue weighted by Gasteiger charge is 2.59. The van der Waals surface area contributed by atoms with E-state index in [4.69, 9.17) is 23.2 Å². The minimum Gasteiger partial charge on any atom is -0.323 e. The van der Waals surface area contributed by atoms with E-state index in [-0.39, 0.29) is 23.8 Å². The summed E-state index contributed by atoms with van der Waals surface area (Å²) < 4.78 is -0.755. The van der Waals surface area contributed by atoms with Gasteiger partial charge in [-0.1, -0.05) is 19.8 Å². The number of alkyl halides is 2. The van der Waals surface area contributed by atoms with Gasteiger partial charge in [-0.05, 0) is 25.2 Å². The molecular weight excluding hydrogens is 287 g/mol. The molecule has 0 bridgehead atoms. The predicted octanol–water partition coefficient (Wildman–Crippen LogP) is 2.68. The van der Waals surface area contributed by atoms with Crippen LogP contribution in [0.5, 0.6) is 0 Å². The Kier molecular flexibility index (Phi) is 3.02. The number of carbonyl (C=O) groups is 2. The van der Waals surface area contributed by atoms with Crippen LogP contribution in [0.1, 0.15) is 39.0 Å². The number of halogens is 2. The zero-order valence-electron chi connectivity index (χ0n) is 10.9. The normalized spacial score (nSPS) is 40.7. The Morgan fingerprint density at radius 1 is 1.37 bits per heavy atom. The van der Waals surface area contributed by atoms with Crippen molar-refractivity contribution in [3.05, 3.63) is 0 Å². The average molecular weight is 305 g/mol. The lowest BCUT2D eigenvalue weighted by atomic mass is 9.73. The van der Waals surface area contributed by atoms with Crippen LogP contribution in [-0.4, -0.2) is 33.3 Å². The first kappa shape index (κ1) is 13.5. The van der Waals surface area contributed by atoms with Gasteiger partial charge in [0.2, 0.25) is 0 Å². The zero-order valence-corrected chi connectivity index (χ0v) is 12.4. The molecule has 1 spiro atoms. The van der Waals surface area contributed by atoms with E-state index in [1.165, 1.54) is 4.90 Å². The number of amides is 3. The monoisotopic (exact) mass is 304 g/mol. The van der Waals surface area contributed by atoms with Crippen LogP contribution >= 0.6 is 23.2 Å². The van der Waals surface area contributed by atoms with Crippen LogP contribution in [0.3, 0.4) is 0 Å².